The van der Waals surface area contributed by atoms with Crippen molar-refractivity contribution in [3.05, 3.63) is 102 Å². The molecule has 0 fully saturated rings. The number of aromatic amines is 1. The van der Waals surface area contributed by atoms with Crippen LogP contribution in [0.3, 0.4) is 0 Å². The second kappa shape index (κ2) is 11.0. The number of anilines is 1. The van der Waals surface area contributed by atoms with Crippen molar-refractivity contribution in [2.24, 2.45) is 0 Å². The zero-order chi connectivity index (χ0) is 25.6. The topological polar surface area (TPSA) is 89.1 Å². The minimum Gasteiger partial charge on any atom is -0.494 e. The lowest BCUT2D eigenvalue weighted by Crippen LogP contribution is -2.14. The van der Waals surface area contributed by atoms with E-state index in [1.165, 1.54) is 11.8 Å². The third-order valence-electron chi connectivity index (χ3n) is 5.69. The Morgan fingerprint density at radius 2 is 1.70 bits per heavy atom. The van der Waals surface area contributed by atoms with Crippen LogP contribution in [0.25, 0.3) is 23.1 Å². The molecule has 3 aromatic carbocycles. The minimum absolute atomic E-state index is 0.254. The van der Waals surface area contributed by atoms with Gasteiger partial charge in [-0.1, -0.05) is 36.0 Å². The van der Waals surface area contributed by atoms with Crippen molar-refractivity contribution >= 4 is 46.4 Å². The van der Waals surface area contributed by atoms with Crippen molar-refractivity contribution in [3.8, 4) is 11.5 Å². The third-order valence-corrected chi connectivity index (χ3v) is 6.75. The molecule has 7 nitrogen and oxygen atoms in total. The number of aromatic nitrogens is 3. The molecule has 0 aliphatic rings. The Morgan fingerprint density at radius 3 is 2.46 bits per heavy atom. The number of hydrogen-bond acceptors (Lipinski definition) is 6. The lowest BCUT2D eigenvalue weighted by atomic mass is 10.2. The summed E-state index contributed by atoms with van der Waals surface area (Å²) in [6.07, 6.45) is 5.64. The summed E-state index contributed by atoms with van der Waals surface area (Å²) in [4.78, 5) is 19.4. The van der Waals surface area contributed by atoms with Crippen LogP contribution in [0.2, 0.25) is 0 Å². The van der Waals surface area contributed by atoms with Crippen molar-refractivity contribution in [3.63, 3.8) is 0 Å². The maximum atomic E-state index is 13.3. The van der Waals surface area contributed by atoms with Crippen LogP contribution in [0.15, 0.2) is 94.9 Å². The van der Waals surface area contributed by atoms with Gasteiger partial charge in [-0.3, -0.25) is 14.9 Å². The minimum atomic E-state index is -0.254. The number of nitrogens with zero attached hydrogens (tertiary/aromatic N) is 2. The van der Waals surface area contributed by atoms with E-state index < -0.39 is 0 Å². The fourth-order valence-corrected chi connectivity index (χ4v) is 4.86. The molecule has 0 saturated carbocycles. The number of H-pyrrole nitrogens is 1. The summed E-state index contributed by atoms with van der Waals surface area (Å²) in [7, 11) is 3.11. The number of carbonyl (C=O) groups excluding carboxylic acids is 1. The van der Waals surface area contributed by atoms with E-state index in [1.54, 1.807) is 38.6 Å². The number of fused-ring (bicyclic) bond motifs is 1. The Kier molecular flexibility index (Phi) is 7.19. The maximum absolute atomic E-state index is 13.3. The number of rotatable bonds is 8. The first-order chi connectivity index (χ1) is 18.2. The lowest BCUT2D eigenvalue weighted by molar-refractivity contribution is 0.102. The highest BCUT2D eigenvalue weighted by Gasteiger charge is 2.17. The molecule has 0 unspecified atom stereocenters. The maximum Gasteiger partial charge on any atom is 0.257 e. The van der Waals surface area contributed by atoms with Gasteiger partial charge in [0.25, 0.3) is 5.91 Å². The molecule has 0 spiro atoms. The van der Waals surface area contributed by atoms with E-state index in [9.17, 15) is 4.79 Å². The molecule has 5 aromatic rings. The largest absolute Gasteiger partial charge is 0.494 e. The van der Waals surface area contributed by atoms with Gasteiger partial charge < -0.3 is 14.8 Å². The molecule has 2 N–H and O–H groups in total. The number of amides is 1. The summed E-state index contributed by atoms with van der Waals surface area (Å²) in [5.74, 6) is 0.793. The van der Waals surface area contributed by atoms with Crippen LogP contribution in [0.4, 0.5) is 5.69 Å². The highest BCUT2D eigenvalue weighted by Crippen LogP contribution is 2.36. The molecule has 8 heteroatoms. The summed E-state index contributed by atoms with van der Waals surface area (Å²) in [6, 6.07) is 24.7. The molecule has 5 rings (SSSR count). The van der Waals surface area contributed by atoms with Gasteiger partial charge in [0.2, 0.25) is 0 Å². The highest BCUT2D eigenvalue weighted by molar-refractivity contribution is 7.99. The average molecular weight is 509 g/mol. The highest BCUT2D eigenvalue weighted by atomic mass is 32.2. The molecule has 0 radical (unpaired) electrons. The summed E-state index contributed by atoms with van der Waals surface area (Å²) >= 11 is 1.51. The molecular formula is C29H24N4O3S. The molecule has 0 bridgehead atoms. The number of nitrogens with one attached hydrogen (secondary N) is 2. The number of para-hydroxylation sites is 1. The smallest absolute Gasteiger partial charge is 0.257 e. The van der Waals surface area contributed by atoms with Crippen molar-refractivity contribution in [1.82, 2.24) is 15.2 Å². The first-order valence-corrected chi connectivity index (χ1v) is 12.3. The lowest BCUT2D eigenvalue weighted by Gasteiger charge is -2.15. The third kappa shape index (κ3) is 5.34. The van der Waals surface area contributed by atoms with E-state index in [0.717, 1.165) is 32.1 Å². The van der Waals surface area contributed by atoms with Gasteiger partial charge in [0.15, 0.2) is 0 Å². The van der Waals surface area contributed by atoms with Gasteiger partial charge >= 0.3 is 0 Å². The molecule has 1 amide bonds. The first-order valence-electron chi connectivity index (χ1n) is 11.5. The zero-order valence-electron chi connectivity index (χ0n) is 20.3. The molecular weight excluding hydrogens is 484 g/mol. The van der Waals surface area contributed by atoms with Crippen molar-refractivity contribution in [1.29, 1.82) is 0 Å². The van der Waals surface area contributed by atoms with E-state index in [2.05, 4.69) is 20.5 Å². The molecule has 37 heavy (non-hydrogen) atoms. The van der Waals surface area contributed by atoms with Crippen LogP contribution >= 0.6 is 11.8 Å². The van der Waals surface area contributed by atoms with Crippen molar-refractivity contribution < 1.29 is 14.3 Å². The summed E-state index contributed by atoms with van der Waals surface area (Å²) in [5, 5.41) is 11.5. The van der Waals surface area contributed by atoms with E-state index >= 15 is 0 Å². The fraction of sp³-hybridized carbons (Fsp3) is 0.0690. The standard InChI is InChI=1S/C29H24N4O3S/c1-35-25-10-7-11-26(36-2)28(25)31-29(34)22-9-3-4-12-27(22)37-20-14-15-21-23(32-33-24(21)18-20)16-13-19-8-5-6-17-30-19/h3-18H,1-2H3,(H,31,34)(H,32,33)/b16-13+. The molecule has 2 aromatic heterocycles. The predicted molar refractivity (Wildman–Crippen MR) is 147 cm³/mol. The monoisotopic (exact) mass is 508 g/mol. The van der Waals surface area contributed by atoms with Crippen LogP contribution in [0.5, 0.6) is 11.5 Å². The van der Waals surface area contributed by atoms with Crippen molar-refractivity contribution in [2.45, 2.75) is 9.79 Å². The van der Waals surface area contributed by atoms with E-state index in [4.69, 9.17) is 9.47 Å². The second-order valence-corrected chi connectivity index (χ2v) is 9.11. The summed E-state index contributed by atoms with van der Waals surface area (Å²) in [6.45, 7) is 0. The Labute approximate surface area is 218 Å². The molecule has 0 aliphatic heterocycles. The van der Waals surface area contributed by atoms with Crippen LogP contribution in [-0.2, 0) is 0 Å². The molecule has 0 atom stereocenters. The normalized spacial score (nSPS) is 11.1. The number of pyridine rings is 1. The van der Waals surface area contributed by atoms with Gasteiger partial charge in [0, 0.05) is 21.4 Å². The number of hydrogen-bond donors (Lipinski definition) is 2. The van der Waals surface area contributed by atoms with E-state index in [-0.39, 0.29) is 5.91 Å². The second-order valence-electron chi connectivity index (χ2n) is 7.99. The molecule has 0 aliphatic carbocycles. The number of benzene rings is 3. The predicted octanol–water partition coefficient (Wildman–Crippen LogP) is 6.55. The SMILES string of the molecule is COc1cccc(OC)c1NC(=O)c1ccccc1Sc1ccc2c(/C=C/c3ccccn3)n[nH]c2c1. The number of carbonyl (C=O) groups is 1. The molecule has 2 heterocycles. The number of methoxy groups -OCH3 is 2. The van der Waals surface area contributed by atoms with Crippen molar-refractivity contribution in [2.75, 3.05) is 19.5 Å². The summed E-state index contributed by atoms with van der Waals surface area (Å²) < 4.78 is 10.8. The van der Waals surface area contributed by atoms with E-state index in [0.29, 0.717) is 22.7 Å². The van der Waals surface area contributed by atoms with Gasteiger partial charge in [0.05, 0.1) is 36.7 Å². The first kappa shape index (κ1) is 24.1. The zero-order valence-corrected chi connectivity index (χ0v) is 21.1. The summed E-state index contributed by atoms with van der Waals surface area (Å²) in [5.41, 5.74) is 3.65. The fourth-order valence-electron chi connectivity index (χ4n) is 3.87. The van der Waals surface area contributed by atoms with Gasteiger partial charge in [-0.05, 0) is 66.7 Å². The van der Waals surface area contributed by atoms with Crippen LogP contribution < -0.4 is 14.8 Å². The number of ether oxygens (including phenoxy) is 2. The van der Waals surface area contributed by atoms with Crippen LogP contribution in [0, 0.1) is 0 Å². The Hall–Kier alpha value is -4.56. The van der Waals surface area contributed by atoms with Crippen LogP contribution in [-0.4, -0.2) is 35.3 Å². The average Bonchev–Trinajstić information content (AvgIpc) is 3.35. The van der Waals surface area contributed by atoms with Crippen LogP contribution in [0.1, 0.15) is 21.7 Å². The quantitative estimate of drug-likeness (QED) is 0.247. The van der Waals surface area contributed by atoms with E-state index in [1.807, 2.05) is 72.8 Å². The Balaban J connectivity index is 1.38. The van der Waals surface area contributed by atoms with Gasteiger partial charge in [-0.25, -0.2) is 0 Å². The Bertz CT molecular complexity index is 1560. The van der Waals surface area contributed by atoms with Gasteiger partial charge in [-0.2, -0.15) is 5.10 Å². The molecule has 184 valence electrons. The Morgan fingerprint density at radius 1 is 0.919 bits per heavy atom. The molecule has 0 saturated heterocycles. The van der Waals surface area contributed by atoms with Gasteiger partial charge in [-0.15, -0.1) is 0 Å². The van der Waals surface area contributed by atoms with Gasteiger partial charge in [0.1, 0.15) is 17.2 Å².